The molecule has 0 unspecified atom stereocenters. The summed E-state index contributed by atoms with van der Waals surface area (Å²) in [4.78, 5) is 30.6. The summed E-state index contributed by atoms with van der Waals surface area (Å²) in [7, 11) is 0. The van der Waals surface area contributed by atoms with Gasteiger partial charge in [-0.05, 0) is 87.7 Å². The molecular formula is C26H29N3O5. The molecule has 178 valence electrons. The number of ether oxygens (including phenoxy) is 1. The first-order valence-corrected chi connectivity index (χ1v) is 11.2. The molecule has 0 radical (unpaired) electrons. The molecule has 1 atom stereocenters. The molecular weight excluding hydrogens is 434 g/mol. The van der Waals surface area contributed by atoms with E-state index in [1.165, 1.54) is 6.08 Å². The van der Waals surface area contributed by atoms with Crippen LogP contribution in [0.25, 0.3) is 17.0 Å². The molecule has 0 spiro atoms. The van der Waals surface area contributed by atoms with Crippen molar-refractivity contribution < 1.29 is 23.8 Å². The fraction of sp³-hybridized carbons (Fsp3) is 0.346. The van der Waals surface area contributed by atoms with E-state index in [0.717, 1.165) is 35.6 Å². The lowest BCUT2D eigenvalue weighted by molar-refractivity contribution is -0.131. The van der Waals surface area contributed by atoms with Gasteiger partial charge in [-0.15, -0.1) is 0 Å². The van der Waals surface area contributed by atoms with Crippen LogP contribution in [0.2, 0.25) is 0 Å². The van der Waals surface area contributed by atoms with Crippen LogP contribution in [0.1, 0.15) is 38.3 Å². The molecule has 1 aliphatic rings. The van der Waals surface area contributed by atoms with Gasteiger partial charge in [0.1, 0.15) is 17.0 Å². The zero-order chi connectivity index (χ0) is 24.3. The number of amides is 1. The van der Waals surface area contributed by atoms with Gasteiger partial charge in [-0.3, -0.25) is 4.90 Å². The highest BCUT2D eigenvalue weighted by atomic mass is 16.6. The Bertz CT molecular complexity index is 1200. The van der Waals surface area contributed by atoms with Crippen molar-refractivity contribution in [3.8, 4) is 0 Å². The summed E-state index contributed by atoms with van der Waals surface area (Å²) in [6.07, 6.45) is 6.58. The Kier molecular flexibility index (Phi) is 6.43. The van der Waals surface area contributed by atoms with Gasteiger partial charge < -0.3 is 19.6 Å². The smallest absolute Gasteiger partial charge is 0.416 e. The minimum absolute atomic E-state index is 0.454. The van der Waals surface area contributed by atoms with Gasteiger partial charge in [-0.25, -0.2) is 14.6 Å². The SMILES string of the molecule is CC(C)(C)OC(=O)N(c1ccc(/C=C/C(=O)O)cn1)[C@]1(Cc2ccc3occc3c2)CCNC1. The number of carboxylic acid groups (broad SMARTS) is 1. The van der Waals surface area contributed by atoms with Crippen LogP contribution < -0.4 is 10.2 Å². The number of hydrogen-bond acceptors (Lipinski definition) is 6. The first-order valence-electron chi connectivity index (χ1n) is 11.2. The molecule has 4 rings (SSSR count). The highest BCUT2D eigenvalue weighted by Gasteiger charge is 2.45. The van der Waals surface area contributed by atoms with Crippen molar-refractivity contribution in [1.29, 1.82) is 0 Å². The Morgan fingerprint density at radius 3 is 2.74 bits per heavy atom. The molecule has 1 fully saturated rings. The van der Waals surface area contributed by atoms with Crippen LogP contribution in [-0.2, 0) is 16.0 Å². The Morgan fingerprint density at radius 1 is 1.26 bits per heavy atom. The second-order valence-corrected chi connectivity index (χ2v) is 9.56. The van der Waals surface area contributed by atoms with Crippen molar-refractivity contribution in [3.05, 3.63) is 66.1 Å². The number of nitrogens with zero attached hydrogens (tertiary/aromatic N) is 2. The predicted molar refractivity (Wildman–Crippen MR) is 130 cm³/mol. The average molecular weight is 464 g/mol. The standard InChI is InChI=1S/C26H29N3O5/c1-25(2,3)34-24(32)29(22-8-5-18(16-28-22)6-9-23(30)31)26(11-12-27-17-26)15-19-4-7-21-20(14-19)10-13-33-21/h4-10,13-14,16,27H,11-12,15,17H2,1-3H3,(H,30,31)/b9-6+/t26-/m0/s1. The summed E-state index contributed by atoms with van der Waals surface area (Å²) in [5.41, 5.74) is 1.25. The number of carbonyl (C=O) groups excluding carboxylic acids is 1. The molecule has 1 aliphatic heterocycles. The van der Waals surface area contributed by atoms with E-state index in [4.69, 9.17) is 14.3 Å². The Hall–Kier alpha value is -3.65. The summed E-state index contributed by atoms with van der Waals surface area (Å²) in [6, 6.07) is 11.4. The molecule has 3 aromatic rings. The molecule has 0 bridgehead atoms. The number of benzene rings is 1. The summed E-state index contributed by atoms with van der Waals surface area (Å²) in [5.74, 6) is -0.583. The molecule has 1 aromatic carbocycles. The first-order chi connectivity index (χ1) is 16.2. The maximum atomic E-state index is 13.5. The summed E-state index contributed by atoms with van der Waals surface area (Å²) in [5, 5.41) is 13.3. The minimum Gasteiger partial charge on any atom is -0.478 e. The number of furan rings is 1. The molecule has 2 N–H and O–H groups in total. The minimum atomic E-state index is -1.04. The van der Waals surface area contributed by atoms with Gasteiger partial charge in [-0.1, -0.05) is 6.07 Å². The second-order valence-electron chi connectivity index (χ2n) is 9.56. The van der Waals surface area contributed by atoms with E-state index >= 15 is 0 Å². The molecule has 2 aromatic heterocycles. The zero-order valence-corrected chi connectivity index (χ0v) is 19.6. The van der Waals surface area contributed by atoms with Gasteiger partial charge in [0, 0.05) is 24.2 Å². The number of pyridine rings is 1. The van der Waals surface area contributed by atoms with Crippen LogP contribution in [0, 0.1) is 0 Å². The highest BCUT2D eigenvalue weighted by molar-refractivity contribution is 5.89. The number of anilines is 1. The Morgan fingerprint density at radius 2 is 2.09 bits per heavy atom. The quantitative estimate of drug-likeness (QED) is 0.513. The number of nitrogens with one attached hydrogen (secondary N) is 1. The lowest BCUT2D eigenvalue weighted by atomic mass is 9.87. The fourth-order valence-electron chi connectivity index (χ4n) is 4.29. The van der Waals surface area contributed by atoms with Gasteiger partial charge in [0.25, 0.3) is 0 Å². The Balaban J connectivity index is 1.73. The van der Waals surface area contributed by atoms with Crippen LogP contribution in [0.4, 0.5) is 10.6 Å². The topological polar surface area (TPSA) is 105 Å². The summed E-state index contributed by atoms with van der Waals surface area (Å²) in [6.45, 7) is 6.85. The molecule has 0 aliphatic carbocycles. The molecule has 1 amide bonds. The normalized spacial score (nSPS) is 18.4. The van der Waals surface area contributed by atoms with Crippen LogP contribution in [0.3, 0.4) is 0 Å². The van der Waals surface area contributed by atoms with Gasteiger partial charge >= 0.3 is 12.1 Å². The van der Waals surface area contributed by atoms with Crippen molar-refractivity contribution in [2.75, 3.05) is 18.0 Å². The van der Waals surface area contributed by atoms with E-state index in [0.29, 0.717) is 24.3 Å². The third kappa shape index (κ3) is 5.28. The second kappa shape index (κ2) is 9.30. The molecule has 0 saturated carbocycles. The number of carboxylic acids is 1. The van der Waals surface area contributed by atoms with Crippen molar-refractivity contribution in [2.24, 2.45) is 0 Å². The van der Waals surface area contributed by atoms with E-state index in [1.807, 2.05) is 39.0 Å². The van der Waals surface area contributed by atoms with Crippen LogP contribution in [-0.4, -0.2) is 46.4 Å². The third-order valence-electron chi connectivity index (χ3n) is 5.74. The van der Waals surface area contributed by atoms with Crippen LogP contribution in [0.5, 0.6) is 0 Å². The van der Waals surface area contributed by atoms with Crippen LogP contribution in [0.15, 0.2) is 59.4 Å². The maximum absolute atomic E-state index is 13.5. The molecule has 34 heavy (non-hydrogen) atoms. The number of hydrogen-bond donors (Lipinski definition) is 2. The molecule has 8 heteroatoms. The van der Waals surface area contributed by atoms with Gasteiger partial charge in [0.2, 0.25) is 0 Å². The Labute approximate surface area is 198 Å². The third-order valence-corrected chi connectivity index (χ3v) is 5.74. The lowest BCUT2D eigenvalue weighted by Gasteiger charge is -2.40. The largest absolute Gasteiger partial charge is 0.478 e. The molecule has 1 saturated heterocycles. The summed E-state index contributed by atoms with van der Waals surface area (Å²) >= 11 is 0. The molecule has 8 nitrogen and oxygen atoms in total. The number of carbonyl (C=O) groups is 2. The van der Waals surface area contributed by atoms with Crippen molar-refractivity contribution >= 4 is 34.9 Å². The van der Waals surface area contributed by atoms with Gasteiger partial charge in [0.15, 0.2) is 0 Å². The average Bonchev–Trinajstić information content (AvgIpc) is 3.41. The fourth-order valence-corrected chi connectivity index (χ4v) is 4.29. The highest BCUT2D eigenvalue weighted by Crippen LogP contribution is 2.34. The van der Waals surface area contributed by atoms with Gasteiger partial charge in [0.05, 0.1) is 11.8 Å². The zero-order valence-electron chi connectivity index (χ0n) is 19.6. The lowest BCUT2D eigenvalue weighted by Crippen LogP contribution is -2.56. The van der Waals surface area contributed by atoms with E-state index in [2.05, 4.69) is 16.4 Å². The first kappa shape index (κ1) is 23.5. The number of aliphatic carboxylic acids is 1. The number of fused-ring (bicyclic) bond motifs is 1. The molecule has 3 heterocycles. The van der Waals surface area contributed by atoms with Crippen molar-refractivity contribution in [2.45, 2.75) is 44.8 Å². The predicted octanol–water partition coefficient (Wildman–Crippen LogP) is 4.64. The van der Waals surface area contributed by atoms with E-state index in [-0.39, 0.29) is 0 Å². The van der Waals surface area contributed by atoms with E-state index < -0.39 is 23.2 Å². The maximum Gasteiger partial charge on any atom is 0.416 e. The number of rotatable bonds is 6. The summed E-state index contributed by atoms with van der Waals surface area (Å²) < 4.78 is 11.3. The monoisotopic (exact) mass is 463 g/mol. The van der Waals surface area contributed by atoms with Crippen molar-refractivity contribution in [1.82, 2.24) is 10.3 Å². The van der Waals surface area contributed by atoms with Crippen LogP contribution >= 0.6 is 0 Å². The van der Waals surface area contributed by atoms with E-state index in [1.54, 1.807) is 29.5 Å². The van der Waals surface area contributed by atoms with Crippen molar-refractivity contribution in [3.63, 3.8) is 0 Å². The van der Waals surface area contributed by atoms with E-state index in [9.17, 15) is 9.59 Å². The number of aromatic nitrogens is 1. The van der Waals surface area contributed by atoms with Gasteiger partial charge in [-0.2, -0.15) is 0 Å².